The minimum atomic E-state index is -0.597. The summed E-state index contributed by atoms with van der Waals surface area (Å²) in [5.74, 6) is 0.696. The number of aryl methyl sites for hydroxylation is 1. The number of hydrogen-bond donors (Lipinski definition) is 1. The van der Waals surface area contributed by atoms with Crippen LogP contribution in [0.3, 0.4) is 0 Å². The number of hydrogen-bond acceptors (Lipinski definition) is 3. The average molecular weight is 289 g/mol. The fourth-order valence-electron chi connectivity index (χ4n) is 3.36. The number of ether oxygens (including phenoxy) is 1. The van der Waals surface area contributed by atoms with Crippen molar-refractivity contribution in [3.8, 4) is 0 Å². The topological polar surface area (TPSA) is 38.3 Å². The first-order valence-electron chi connectivity index (χ1n) is 8.00. The zero-order valence-electron chi connectivity index (χ0n) is 13.6. The Morgan fingerprint density at radius 2 is 2.05 bits per heavy atom. The van der Waals surface area contributed by atoms with Gasteiger partial charge < -0.3 is 10.1 Å². The van der Waals surface area contributed by atoms with Crippen molar-refractivity contribution < 1.29 is 9.53 Å². The molecule has 1 saturated carbocycles. The Morgan fingerprint density at radius 1 is 1.33 bits per heavy atom. The van der Waals surface area contributed by atoms with Gasteiger partial charge >= 0.3 is 5.97 Å². The highest BCUT2D eigenvalue weighted by Gasteiger charge is 2.48. The molecule has 1 aromatic rings. The maximum Gasteiger partial charge on any atom is 0.332 e. The minimum Gasteiger partial charge on any atom is -0.464 e. The van der Waals surface area contributed by atoms with Crippen molar-refractivity contribution in [3.63, 3.8) is 0 Å². The van der Waals surface area contributed by atoms with E-state index < -0.39 is 5.54 Å². The van der Waals surface area contributed by atoms with Crippen LogP contribution in [0, 0.1) is 18.8 Å². The standard InChI is InChI=1S/C18H27NO2/c1-5-21-17(20)18(12-13(2)10-11-15(18)4)19-16-9-7-6-8-14(16)3/h6-9,13,15,19H,5,10-12H2,1-4H3. The Bertz CT molecular complexity index is 500. The van der Waals surface area contributed by atoms with E-state index in [1.54, 1.807) is 0 Å². The van der Waals surface area contributed by atoms with Crippen LogP contribution in [0.1, 0.15) is 45.6 Å². The number of rotatable bonds is 4. The lowest BCUT2D eigenvalue weighted by atomic mass is 9.69. The highest BCUT2D eigenvalue weighted by atomic mass is 16.5. The summed E-state index contributed by atoms with van der Waals surface area (Å²) in [5, 5.41) is 3.55. The molecular formula is C18H27NO2. The van der Waals surface area contributed by atoms with E-state index in [1.165, 1.54) is 6.42 Å². The van der Waals surface area contributed by atoms with Gasteiger partial charge in [0.05, 0.1) is 6.61 Å². The van der Waals surface area contributed by atoms with Crippen LogP contribution in [-0.4, -0.2) is 18.1 Å². The van der Waals surface area contributed by atoms with Gasteiger partial charge in [0.1, 0.15) is 5.54 Å². The summed E-state index contributed by atoms with van der Waals surface area (Å²) in [4.78, 5) is 12.7. The molecule has 21 heavy (non-hydrogen) atoms. The van der Waals surface area contributed by atoms with Crippen molar-refractivity contribution in [3.05, 3.63) is 29.8 Å². The first-order chi connectivity index (χ1) is 9.99. The fourth-order valence-corrected chi connectivity index (χ4v) is 3.36. The van der Waals surface area contributed by atoms with E-state index >= 15 is 0 Å². The number of para-hydroxylation sites is 1. The second-order valence-corrected chi connectivity index (χ2v) is 6.42. The van der Waals surface area contributed by atoms with Crippen molar-refractivity contribution in [2.45, 2.75) is 52.5 Å². The molecule has 116 valence electrons. The number of benzene rings is 1. The third-order valence-electron chi connectivity index (χ3n) is 4.75. The number of carbonyl (C=O) groups is 1. The summed E-state index contributed by atoms with van der Waals surface area (Å²) in [6.45, 7) is 8.75. The van der Waals surface area contributed by atoms with Crippen LogP contribution in [0.2, 0.25) is 0 Å². The van der Waals surface area contributed by atoms with Crippen molar-refractivity contribution in [2.24, 2.45) is 11.8 Å². The van der Waals surface area contributed by atoms with Gasteiger partial charge in [-0.05, 0) is 50.2 Å². The zero-order chi connectivity index (χ0) is 15.5. The van der Waals surface area contributed by atoms with Gasteiger partial charge in [0.15, 0.2) is 0 Å². The highest BCUT2D eigenvalue weighted by Crippen LogP contribution is 2.40. The summed E-state index contributed by atoms with van der Waals surface area (Å²) in [7, 11) is 0. The van der Waals surface area contributed by atoms with Gasteiger partial charge in [-0.1, -0.05) is 38.5 Å². The third kappa shape index (κ3) is 3.22. The number of esters is 1. The molecule has 1 aromatic carbocycles. The molecule has 1 fully saturated rings. The third-order valence-corrected chi connectivity index (χ3v) is 4.75. The number of carbonyl (C=O) groups excluding carboxylic acids is 1. The fraction of sp³-hybridized carbons (Fsp3) is 0.611. The van der Waals surface area contributed by atoms with E-state index in [4.69, 9.17) is 4.74 Å². The van der Waals surface area contributed by atoms with Gasteiger partial charge in [-0.25, -0.2) is 4.79 Å². The lowest BCUT2D eigenvalue weighted by Gasteiger charge is -2.44. The van der Waals surface area contributed by atoms with Crippen LogP contribution >= 0.6 is 0 Å². The molecule has 3 nitrogen and oxygen atoms in total. The molecule has 3 unspecified atom stereocenters. The van der Waals surface area contributed by atoms with Gasteiger partial charge in [0.25, 0.3) is 0 Å². The Morgan fingerprint density at radius 3 is 2.71 bits per heavy atom. The van der Waals surface area contributed by atoms with Crippen LogP contribution in [0.4, 0.5) is 5.69 Å². The molecule has 0 heterocycles. The molecule has 0 aromatic heterocycles. The molecule has 0 spiro atoms. The van der Waals surface area contributed by atoms with E-state index in [-0.39, 0.29) is 11.9 Å². The van der Waals surface area contributed by atoms with Crippen molar-refractivity contribution >= 4 is 11.7 Å². The van der Waals surface area contributed by atoms with Gasteiger partial charge in [0, 0.05) is 5.69 Å². The van der Waals surface area contributed by atoms with Crippen molar-refractivity contribution in [1.82, 2.24) is 0 Å². The second kappa shape index (κ2) is 6.50. The quantitative estimate of drug-likeness (QED) is 0.846. The molecule has 1 aliphatic carbocycles. The second-order valence-electron chi connectivity index (χ2n) is 6.42. The van der Waals surface area contributed by atoms with Crippen LogP contribution in [0.15, 0.2) is 24.3 Å². The lowest BCUT2D eigenvalue weighted by Crippen LogP contribution is -2.55. The first-order valence-corrected chi connectivity index (χ1v) is 8.00. The molecule has 1 aliphatic rings. The van der Waals surface area contributed by atoms with E-state index in [0.29, 0.717) is 12.5 Å². The van der Waals surface area contributed by atoms with Crippen LogP contribution in [0.25, 0.3) is 0 Å². The molecule has 0 radical (unpaired) electrons. The Kier molecular flexibility index (Phi) is 4.92. The summed E-state index contributed by atoms with van der Waals surface area (Å²) in [5.41, 5.74) is 1.60. The van der Waals surface area contributed by atoms with Crippen LogP contribution in [-0.2, 0) is 9.53 Å². The minimum absolute atomic E-state index is 0.104. The van der Waals surface area contributed by atoms with Crippen LogP contribution in [0.5, 0.6) is 0 Å². The normalized spacial score (nSPS) is 29.0. The van der Waals surface area contributed by atoms with E-state index in [1.807, 2.05) is 25.1 Å². The predicted octanol–water partition coefficient (Wildman–Crippen LogP) is 4.16. The molecule has 0 bridgehead atoms. The molecule has 2 rings (SSSR count). The van der Waals surface area contributed by atoms with Crippen molar-refractivity contribution in [2.75, 3.05) is 11.9 Å². The summed E-state index contributed by atoms with van der Waals surface area (Å²) < 4.78 is 5.41. The first kappa shape index (κ1) is 15.9. The summed E-state index contributed by atoms with van der Waals surface area (Å²) in [6, 6.07) is 8.13. The molecule has 0 saturated heterocycles. The largest absolute Gasteiger partial charge is 0.464 e. The zero-order valence-corrected chi connectivity index (χ0v) is 13.6. The van der Waals surface area contributed by atoms with E-state index in [0.717, 1.165) is 24.1 Å². The van der Waals surface area contributed by atoms with Gasteiger partial charge in [-0.3, -0.25) is 0 Å². The van der Waals surface area contributed by atoms with Gasteiger partial charge in [-0.15, -0.1) is 0 Å². The molecule has 0 aliphatic heterocycles. The lowest BCUT2D eigenvalue weighted by molar-refractivity contribution is -0.152. The molecule has 3 atom stereocenters. The maximum absolute atomic E-state index is 12.7. The summed E-state index contributed by atoms with van der Waals surface area (Å²) >= 11 is 0. The van der Waals surface area contributed by atoms with Crippen molar-refractivity contribution in [1.29, 1.82) is 0 Å². The summed E-state index contributed by atoms with van der Waals surface area (Å²) in [6.07, 6.45) is 3.07. The van der Waals surface area contributed by atoms with Crippen LogP contribution < -0.4 is 5.32 Å². The predicted molar refractivity (Wildman–Crippen MR) is 86.3 cm³/mol. The molecule has 0 amide bonds. The van der Waals surface area contributed by atoms with Gasteiger partial charge in [-0.2, -0.15) is 0 Å². The number of nitrogens with one attached hydrogen (secondary N) is 1. The SMILES string of the molecule is CCOC(=O)C1(Nc2ccccc2C)CC(C)CCC1C. The maximum atomic E-state index is 12.7. The molecule has 3 heteroatoms. The average Bonchev–Trinajstić information content (AvgIpc) is 2.45. The number of anilines is 1. The Labute approximate surface area is 128 Å². The van der Waals surface area contributed by atoms with E-state index in [2.05, 4.69) is 32.2 Å². The highest BCUT2D eigenvalue weighted by molar-refractivity contribution is 5.85. The monoisotopic (exact) mass is 289 g/mol. The molecular weight excluding hydrogens is 262 g/mol. The smallest absolute Gasteiger partial charge is 0.332 e. The van der Waals surface area contributed by atoms with Gasteiger partial charge in [0.2, 0.25) is 0 Å². The molecule has 1 N–H and O–H groups in total. The van der Waals surface area contributed by atoms with E-state index in [9.17, 15) is 4.79 Å². The Balaban J connectivity index is 2.36. The Hall–Kier alpha value is -1.51.